The first-order valence-electron chi connectivity index (χ1n) is 11.2. The van der Waals surface area contributed by atoms with Crippen molar-refractivity contribution in [2.45, 2.75) is 38.6 Å². The standard InChI is InChI=1S/C24H25N5O5/c30-20(25-12-18-8-4-10-33-18)15-29-23(31)21-22(26-16-27(21)14-19-9-5-11-34-19)28(24(29)32)13-17-6-2-1-3-7-17/h1-3,5-7,9,11,16,18H,4,8,10,12-15H2,(H,25,30)/t18-/m1/s1. The first-order valence-corrected chi connectivity index (χ1v) is 11.2. The minimum absolute atomic E-state index is 0.0346. The van der Waals surface area contributed by atoms with Gasteiger partial charge in [-0.05, 0) is 30.5 Å². The molecule has 3 aromatic heterocycles. The second-order valence-electron chi connectivity index (χ2n) is 8.31. The molecule has 0 unspecified atom stereocenters. The Labute approximate surface area is 194 Å². The quantitative estimate of drug-likeness (QED) is 0.422. The fraction of sp³-hybridized carbons (Fsp3) is 0.333. The molecule has 10 nitrogen and oxygen atoms in total. The topological polar surface area (TPSA) is 113 Å². The summed E-state index contributed by atoms with van der Waals surface area (Å²) in [6.07, 6.45) is 4.86. The van der Waals surface area contributed by atoms with Crippen LogP contribution in [0.5, 0.6) is 0 Å². The van der Waals surface area contributed by atoms with Crippen LogP contribution in [0.3, 0.4) is 0 Å². The third kappa shape index (κ3) is 4.44. The average molecular weight is 463 g/mol. The number of furan rings is 1. The predicted molar refractivity (Wildman–Crippen MR) is 124 cm³/mol. The number of amides is 1. The Morgan fingerprint density at radius 1 is 1.09 bits per heavy atom. The van der Waals surface area contributed by atoms with Crippen LogP contribution in [0.25, 0.3) is 11.2 Å². The van der Waals surface area contributed by atoms with Crippen molar-refractivity contribution in [3.63, 3.8) is 0 Å². The van der Waals surface area contributed by atoms with E-state index in [0.29, 0.717) is 18.9 Å². The van der Waals surface area contributed by atoms with E-state index in [4.69, 9.17) is 9.15 Å². The molecule has 176 valence electrons. The van der Waals surface area contributed by atoms with E-state index < -0.39 is 17.2 Å². The van der Waals surface area contributed by atoms with Crippen LogP contribution in [-0.4, -0.2) is 43.8 Å². The van der Waals surface area contributed by atoms with Crippen molar-refractivity contribution < 1.29 is 13.9 Å². The lowest BCUT2D eigenvalue weighted by Gasteiger charge is -2.14. The monoisotopic (exact) mass is 463 g/mol. The van der Waals surface area contributed by atoms with E-state index in [2.05, 4.69) is 10.3 Å². The second kappa shape index (κ2) is 9.52. The van der Waals surface area contributed by atoms with Crippen LogP contribution in [-0.2, 0) is 29.2 Å². The van der Waals surface area contributed by atoms with Gasteiger partial charge in [0.15, 0.2) is 11.2 Å². The van der Waals surface area contributed by atoms with Crippen molar-refractivity contribution in [2.75, 3.05) is 13.2 Å². The summed E-state index contributed by atoms with van der Waals surface area (Å²) in [4.78, 5) is 43.8. The molecule has 1 saturated heterocycles. The minimum Gasteiger partial charge on any atom is -0.467 e. The number of imidazole rings is 1. The summed E-state index contributed by atoms with van der Waals surface area (Å²) in [5, 5.41) is 2.78. The van der Waals surface area contributed by atoms with Crippen molar-refractivity contribution in [1.82, 2.24) is 24.0 Å². The summed E-state index contributed by atoms with van der Waals surface area (Å²) in [5.74, 6) is 0.220. The smallest absolute Gasteiger partial charge is 0.333 e. The summed E-state index contributed by atoms with van der Waals surface area (Å²) in [6, 6.07) is 13.0. The molecule has 4 heterocycles. The van der Waals surface area contributed by atoms with Gasteiger partial charge in [-0.1, -0.05) is 30.3 Å². The van der Waals surface area contributed by atoms with Gasteiger partial charge in [-0.3, -0.25) is 14.2 Å². The van der Waals surface area contributed by atoms with E-state index in [0.717, 1.165) is 23.0 Å². The SMILES string of the molecule is O=C(Cn1c(=O)c2c(ncn2Cc2ccco2)n(Cc2ccccc2)c1=O)NC[C@H]1CCCO1. The molecule has 1 amide bonds. The Morgan fingerprint density at radius 2 is 1.94 bits per heavy atom. The van der Waals surface area contributed by atoms with Gasteiger partial charge in [0.2, 0.25) is 5.91 Å². The van der Waals surface area contributed by atoms with Gasteiger partial charge in [-0.25, -0.2) is 14.3 Å². The Kier molecular flexibility index (Phi) is 6.13. The predicted octanol–water partition coefficient (Wildman–Crippen LogP) is 1.34. The third-order valence-electron chi connectivity index (χ3n) is 5.93. The highest BCUT2D eigenvalue weighted by atomic mass is 16.5. The van der Waals surface area contributed by atoms with Crippen molar-refractivity contribution in [1.29, 1.82) is 0 Å². The van der Waals surface area contributed by atoms with Gasteiger partial charge in [0.25, 0.3) is 5.56 Å². The Hall–Kier alpha value is -3.92. The molecule has 1 fully saturated rings. The summed E-state index contributed by atoms with van der Waals surface area (Å²) in [7, 11) is 0. The molecule has 0 radical (unpaired) electrons. The molecule has 34 heavy (non-hydrogen) atoms. The number of carbonyl (C=O) groups excluding carboxylic acids is 1. The molecule has 1 atom stereocenters. The van der Waals surface area contributed by atoms with Gasteiger partial charge >= 0.3 is 5.69 Å². The van der Waals surface area contributed by atoms with Gasteiger partial charge in [-0.2, -0.15) is 0 Å². The Morgan fingerprint density at radius 3 is 2.68 bits per heavy atom. The molecular formula is C24H25N5O5. The molecule has 0 bridgehead atoms. The highest BCUT2D eigenvalue weighted by molar-refractivity contribution is 5.76. The maximum Gasteiger partial charge on any atom is 0.333 e. The molecule has 0 spiro atoms. The number of benzene rings is 1. The van der Waals surface area contributed by atoms with Crippen molar-refractivity contribution in [3.8, 4) is 0 Å². The van der Waals surface area contributed by atoms with Gasteiger partial charge in [-0.15, -0.1) is 0 Å². The fourth-order valence-corrected chi connectivity index (χ4v) is 4.21. The number of hydrogen-bond donors (Lipinski definition) is 1. The number of carbonyl (C=O) groups is 1. The summed E-state index contributed by atoms with van der Waals surface area (Å²) in [5.41, 5.74) is 0.220. The molecule has 1 aromatic carbocycles. The molecule has 1 N–H and O–H groups in total. The van der Waals surface area contributed by atoms with E-state index >= 15 is 0 Å². The number of nitrogens with one attached hydrogen (secondary N) is 1. The molecule has 5 rings (SSSR count). The van der Waals surface area contributed by atoms with Crippen molar-refractivity contribution in [2.24, 2.45) is 0 Å². The molecule has 10 heteroatoms. The number of fused-ring (bicyclic) bond motifs is 1. The van der Waals surface area contributed by atoms with Crippen molar-refractivity contribution >= 4 is 17.1 Å². The van der Waals surface area contributed by atoms with E-state index in [1.54, 1.807) is 23.0 Å². The number of ether oxygens (including phenoxy) is 1. The highest BCUT2D eigenvalue weighted by Crippen LogP contribution is 2.13. The lowest BCUT2D eigenvalue weighted by molar-refractivity contribution is -0.122. The van der Waals surface area contributed by atoms with Gasteiger partial charge in [0.05, 0.1) is 31.8 Å². The zero-order valence-corrected chi connectivity index (χ0v) is 18.6. The largest absolute Gasteiger partial charge is 0.467 e. The van der Waals surface area contributed by atoms with Gasteiger partial charge in [0, 0.05) is 13.2 Å². The summed E-state index contributed by atoms with van der Waals surface area (Å²) in [6.45, 7) is 1.13. The fourth-order valence-electron chi connectivity index (χ4n) is 4.21. The molecule has 0 aliphatic carbocycles. The minimum atomic E-state index is -0.586. The zero-order chi connectivity index (χ0) is 23.5. The van der Waals surface area contributed by atoms with E-state index in [1.165, 1.54) is 10.9 Å². The van der Waals surface area contributed by atoms with Crippen LogP contribution in [0, 0.1) is 0 Å². The lowest BCUT2D eigenvalue weighted by atomic mass is 10.2. The second-order valence-corrected chi connectivity index (χ2v) is 8.31. The van der Waals surface area contributed by atoms with Crippen molar-refractivity contribution in [3.05, 3.63) is 87.2 Å². The molecule has 0 saturated carbocycles. The lowest BCUT2D eigenvalue weighted by Crippen LogP contribution is -2.45. The van der Waals surface area contributed by atoms with Crippen LogP contribution in [0.1, 0.15) is 24.2 Å². The normalized spacial score (nSPS) is 15.7. The van der Waals surface area contributed by atoms with E-state index in [9.17, 15) is 14.4 Å². The first kappa shape index (κ1) is 21.9. The maximum absolute atomic E-state index is 13.4. The van der Waals surface area contributed by atoms with Crippen LogP contribution < -0.4 is 16.6 Å². The third-order valence-corrected chi connectivity index (χ3v) is 5.93. The number of nitrogens with zero attached hydrogens (tertiary/aromatic N) is 4. The zero-order valence-electron chi connectivity index (χ0n) is 18.6. The van der Waals surface area contributed by atoms with Crippen LogP contribution in [0.2, 0.25) is 0 Å². The maximum atomic E-state index is 13.4. The Bertz CT molecular complexity index is 1400. The van der Waals surface area contributed by atoms with Gasteiger partial charge in [0.1, 0.15) is 12.3 Å². The summed E-state index contributed by atoms with van der Waals surface area (Å²) >= 11 is 0. The summed E-state index contributed by atoms with van der Waals surface area (Å²) < 4.78 is 15.0. The average Bonchev–Trinajstić information content (AvgIpc) is 3.62. The molecule has 4 aromatic rings. The highest BCUT2D eigenvalue weighted by Gasteiger charge is 2.21. The van der Waals surface area contributed by atoms with Crippen LogP contribution in [0.15, 0.2) is 69.1 Å². The number of rotatable bonds is 8. The van der Waals surface area contributed by atoms with E-state index in [-0.39, 0.29) is 36.9 Å². The van der Waals surface area contributed by atoms with Gasteiger partial charge < -0.3 is 19.0 Å². The molecule has 1 aliphatic heterocycles. The number of aromatic nitrogens is 4. The molecular weight excluding hydrogens is 438 g/mol. The van der Waals surface area contributed by atoms with Crippen LogP contribution in [0.4, 0.5) is 0 Å². The molecule has 1 aliphatic rings. The Balaban J connectivity index is 1.53. The number of hydrogen-bond acceptors (Lipinski definition) is 6. The first-order chi connectivity index (χ1) is 16.6. The van der Waals surface area contributed by atoms with E-state index in [1.807, 2.05) is 30.3 Å². The van der Waals surface area contributed by atoms with Crippen LogP contribution >= 0.6 is 0 Å².